The van der Waals surface area contributed by atoms with E-state index in [-0.39, 0.29) is 12.8 Å². The maximum Gasteiger partial charge on any atom is 0.231 e. The minimum Gasteiger partial charge on any atom is -0.454 e. The highest BCUT2D eigenvalue weighted by molar-refractivity contribution is 6.15. The predicted molar refractivity (Wildman–Crippen MR) is 124 cm³/mol. The van der Waals surface area contributed by atoms with E-state index >= 15 is 0 Å². The molecule has 0 saturated heterocycles. The van der Waals surface area contributed by atoms with Crippen LogP contribution in [0.3, 0.4) is 0 Å². The average Bonchev–Trinajstić information content (AvgIpc) is 3.22. The number of nitrogens with two attached hydrogens (primary N) is 1. The van der Waals surface area contributed by atoms with Crippen molar-refractivity contribution >= 4 is 28.0 Å². The van der Waals surface area contributed by atoms with Crippen molar-refractivity contribution in [2.24, 2.45) is 5.10 Å². The summed E-state index contributed by atoms with van der Waals surface area (Å²) in [6, 6.07) is 20.0. The molecule has 0 fully saturated rings. The van der Waals surface area contributed by atoms with E-state index in [4.69, 9.17) is 20.3 Å². The van der Waals surface area contributed by atoms with E-state index in [1.54, 1.807) is 6.20 Å². The topological polar surface area (TPSA) is 85.9 Å². The lowest BCUT2D eigenvalue weighted by molar-refractivity contribution is 0.174. The SMILES string of the molecule is C[C@@H]1Cc2cc3c(cc2C(c2ccc(N)cc2)=NN1c1nncc2ccccc12)OCO3. The number of ether oxygens (including phenoxy) is 2. The van der Waals surface area contributed by atoms with Gasteiger partial charge in [-0.2, -0.15) is 10.2 Å². The van der Waals surface area contributed by atoms with Crippen molar-refractivity contribution in [3.05, 3.63) is 83.6 Å². The highest BCUT2D eigenvalue weighted by atomic mass is 16.7. The lowest BCUT2D eigenvalue weighted by Gasteiger charge is -2.25. The van der Waals surface area contributed by atoms with E-state index < -0.39 is 0 Å². The Labute approximate surface area is 185 Å². The first-order valence-corrected chi connectivity index (χ1v) is 10.5. The van der Waals surface area contributed by atoms with E-state index in [0.717, 1.165) is 56.9 Å². The molecule has 0 radical (unpaired) electrons. The van der Waals surface area contributed by atoms with E-state index in [2.05, 4.69) is 29.3 Å². The Hall–Kier alpha value is -4.13. The molecular formula is C25H21N5O2. The molecule has 158 valence electrons. The molecule has 0 unspecified atom stereocenters. The van der Waals surface area contributed by atoms with Crippen molar-refractivity contribution in [2.45, 2.75) is 19.4 Å². The van der Waals surface area contributed by atoms with Crippen LogP contribution in [0.2, 0.25) is 0 Å². The van der Waals surface area contributed by atoms with Gasteiger partial charge in [-0.3, -0.25) is 0 Å². The van der Waals surface area contributed by atoms with Crippen LogP contribution >= 0.6 is 0 Å². The largest absolute Gasteiger partial charge is 0.454 e. The van der Waals surface area contributed by atoms with Crippen LogP contribution in [0.4, 0.5) is 11.5 Å². The van der Waals surface area contributed by atoms with E-state index in [1.807, 2.05) is 53.5 Å². The number of aromatic nitrogens is 2. The number of hydrogen-bond acceptors (Lipinski definition) is 7. The van der Waals surface area contributed by atoms with Crippen molar-refractivity contribution in [3.63, 3.8) is 0 Å². The maximum absolute atomic E-state index is 5.95. The van der Waals surface area contributed by atoms with Crippen molar-refractivity contribution in [1.29, 1.82) is 0 Å². The van der Waals surface area contributed by atoms with Crippen LogP contribution in [0.1, 0.15) is 23.6 Å². The third-order valence-electron chi connectivity index (χ3n) is 5.95. The molecule has 6 rings (SSSR count). The lowest BCUT2D eigenvalue weighted by atomic mass is 9.94. The van der Waals surface area contributed by atoms with Crippen LogP contribution in [0.5, 0.6) is 11.5 Å². The molecule has 0 aliphatic carbocycles. The van der Waals surface area contributed by atoms with Gasteiger partial charge in [-0.25, -0.2) is 5.01 Å². The summed E-state index contributed by atoms with van der Waals surface area (Å²) in [6.07, 6.45) is 2.54. The van der Waals surface area contributed by atoms with Gasteiger partial charge in [0.25, 0.3) is 0 Å². The average molecular weight is 423 g/mol. The fraction of sp³-hybridized carbons (Fsp3) is 0.160. The quantitative estimate of drug-likeness (QED) is 0.488. The molecule has 0 saturated carbocycles. The van der Waals surface area contributed by atoms with Crippen LogP contribution in [-0.4, -0.2) is 28.7 Å². The van der Waals surface area contributed by atoms with Gasteiger partial charge in [0, 0.05) is 27.6 Å². The van der Waals surface area contributed by atoms with Gasteiger partial charge >= 0.3 is 0 Å². The molecular weight excluding hydrogens is 402 g/mol. The first-order valence-electron chi connectivity index (χ1n) is 10.5. The number of anilines is 2. The van der Waals surface area contributed by atoms with Crippen molar-refractivity contribution < 1.29 is 9.47 Å². The van der Waals surface area contributed by atoms with Gasteiger partial charge in [-0.1, -0.05) is 36.4 Å². The van der Waals surface area contributed by atoms with Crippen LogP contribution in [0, 0.1) is 0 Å². The fourth-order valence-electron chi connectivity index (χ4n) is 4.33. The molecule has 3 aromatic carbocycles. The third kappa shape index (κ3) is 3.01. The second-order valence-corrected chi connectivity index (χ2v) is 8.09. The van der Waals surface area contributed by atoms with Gasteiger partial charge in [0.15, 0.2) is 17.3 Å². The third-order valence-corrected chi connectivity index (χ3v) is 5.95. The summed E-state index contributed by atoms with van der Waals surface area (Å²) in [5.41, 5.74) is 10.6. The van der Waals surface area contributed by atoms with Crippen LogP contribution < -0.4 is 20.2 Å². The number of benzene rings is 3. The summed E-state index contributed by atoms with van der Waals surface area (Å²) in [5, 5.41) is 17.9. The maximum atomic E-state index is 5.95. The van der Waals surface area contributed by atoms with Gasteiger partial charge in [-0.05, 0) is 43.2 Å². The summed E-state index contributed by atoms with van der Waals surface area (Å²) in [7, 11) is 0. The van der Waals surface area contributed by atoms with E-state index in [1.165, 1.54) is 0 Å². The Morgan fingerprint density at radius 1 is 1.00 bits per heavy atom. The molecule has 2 N–H and O–H groups in total. The molecule has 32 heavy (non-hydrogen) atoms. The molecule has 3 heterocycles. The predicted octanol–water partition coefficient (Wildman–Crippen LogP) is 4.14. The molecule has 1 atom stereocenters. The molecule has 4 aromatic rings. The van der Waals surface area contributed by atoms with Gasteiger partial charge in [0.1, 0.15) is 0 Å². The van der Waals surface area contributed by atoms with Gasteiger partial charge in [-0.15, -0.1) is 5.10 Å². The number of fused-ring (bicyclic) bond motifs is 3. The lowest BCUT2D eigenvalue weighted by Crippen LogP contribution is -2.30. The zero-order chi connectivity index (χ0) is 21.7. The number of hydrazone groups is 1. The van der Waals surface area contributed by atoms with Crippen molar-refractivity contribution in [3.8, 4) is 11.5 Å². The molecule has 1 aromatic heterocycles. The van der Waals surface area contributed by atoms with E-state index in [0.29, 0.717) is 5.69 Å². The number of hydrogen-bond donors (Lipinski definition) is 1. The Kier molecular flexibility index (Phi) is 4.21. The van der Waals surface area contributed by atoms with Crippen LogP contribution in [0.15, 0.2) is 72.0 Å². The van der Waals surface area contributed by atoms with Crippen LogP contribution in [0.25, 0.3) is 10.8 Å². The summed E-state index contributed by atoms with van der Waals surface area (Å²) >= 11 is 0. The highest BCUT2D eigenvalue weighted by Crippen LogP contribution is 2.38. The molecule has 0 amide bonds. The molecule has 0 bridgehead atoms. The first kappa shape index (κ1) is 18.6. The fourth-order valence-corrected chi connectivity index (χ4v) is 4.33. The molecule has 0 spiro atoms. The minimum atomic E-state index is 0.0421. The molecule has 2 aliphatic rings. The summed E-state index contributed by atoms with van der Waals surface area (Å²) in [6.45, 7) is 2.38. The normalized spacial score (nSPS) is 17.1. The Morgan fingerprint density at radius 2 is 1.78 bits per heavy atom. The zero-order valence-electron chi connectivity index (χ0n) is 17.5. The number of nitrogen functional groups attached to an aromatic ring is 1. The number of nitrogens with zero attached hydrogens (tertiary/aromatic N) is 4. The van der Waals surface area contributed by atoms with Crippen LogP contribution in [-0.2, 0) is 6.42 Å². The molecule has 7 nitrogen and oxygen atoms in total. The van der Waals surface area contributed by atoms with Crippen molar-refractivity contribution in [2.75, 3.05) is 17.5 Å². The summed E-state index contributed by atoms with van der Waals surface area (Å²) in [4.78, 5) is 0. The molecule has 2 aliphatic heterocycles. The number of rotatable bonds is 2. The first-order chi connectivity index (χ1) is 15.7. The Bertz CT molecular complexity index is 1360. The monoisotopic (exact) mass is 423 g/mol. The van der Waals surface area contributed by atoms with Gasteiger partial charge in [0.2, 0.25) is 6.79 Å². The summed E-state index contributed by atoms with van der Waals surface area (Å²) in [5.74, 6) is 2.24. The summed E-state index contributed by atoms with van der Waals surface area (Å²) < 4.78 is 11.3. The van der Waals surface area contributed by atoms with E-state index in [9.17, 15) is 0 Å². The Balaban J connectivity index is 1.58. The Morgan fingerprint density at radius 3 is 2.62 bits per heavy atom. The minimum absolute atomic E-state index is 0.0421. The smallest absolute Gasteiger partial charge is 0.231 e. The second kappa shape index (κ2) is 7.23. The highest BCUT2D eigenvalue weighted by Gasteiger charge is 2.29. The van der Waals surface area contributed by atoms with Gasteiger partial charge in [0.05, 0.1) is 18.0 Å². The molecule has 7 heteroatoms. The second-order valence-electron chi connectivity index (χ2n) is 8.09. The zero-order valence-corrected chi connectivity index (χ0v) is 17.5. The van der Waals surface area contributed by atoms with Crippen molar-refractivity contribution in [1.82, 2.24) is 10.2 Å². The van der Waals surface area contributed by atoms with Gasteiger partial charge < -0.3 is 15.2 Å². The standard InChI is InChI=1S/C25H21N5O2/c1-15-10-18-11-22-23(32-14-31-22)12-21(18)24(16-6-8-19(26)9-7-16)29-30(15)25-20-5-3-2-4-17(20)13-27-28-25/h2-9,11-13,15H,10,14,26H2,1H3/t15-/m1/s1.